The molecule has 118 valence electrons. The number of ether oxygens (including phenoxy) is 1. The number of rotatable bonds is 6. The number of hydrogen-bond donors (Lipinski definition) is 2. The summed E-state index contributed by atoms with van der Waals surface area (Å²) in [4.78, 5) is 23.8. The number of hydrogen-bond acceptors (Lipinski definition) is 4. The minimum Gasteiger partial charge on any atom is -0.497 e. The lowest BCUT2D eigenvalue weighted by Crippen LogP contribution is -2.33. The van der Waals surface area contributed by atoms with Gasteiger partial charge in [-0.05, 0) is 31.2 Å². The number of methoxy groups -OCH3 is 1. The van der Waals surface area contributed by atoms with Crippen molar-refractivity contribution >= 4 is 11.7 Å². The van der Waals surface area contributed by atoms with Gasteiger partial charge in [-0.1, -0.05) is 29.8 Å². The Labute approximate surface area is 134 Å². The third-order valence-corrected chi connectivity index (χ3v) is 3.19. The molecule has 0 aliphatic carbocycles. The van der Waals surface area contributed by atoms with E-state index in [1.807, 2.05) is 19.1 Å². The van der Waals surface area contributed by atoms with Gasteiger partial charge in [-0.25, -0.2) is 0 Å². The lowest BCUT2D eigenvalue weighted by atomic mass is 10.1. The molecular weight excluding hydrogens is 292 g/mol. The van der Waals surface area contributed by atoms with Crippen molar-refractivity contribution in [2.75, 3.05) is 7.11 Å². The maximum absolute atomic E-state index is 11.9. The van der Waals surface area contributed by atoms with Crippen LogP contribution in [-0.2, 0) is 0 Å². The van der Waals surface area contributed by atoms with E-state index in [9.17, 15) is 9.59 Å². The Morgan fingerprint density at radius 3 is 2.17 bits per heavy atom. The second kappa shape index (κ2) is 7.79. The minimum atomic E-state index is -0.305. The van der Waals surface area contributed by atoms with Crippen molar-refractivity contribution < 1.29 is 14.3 Å². The SMILES string of the molecule is COc1ccc(C(=O)NNC=CC(=O)c2ccc(C)cc2)cc1. The molecule has 0 saturated carbocycles. The Morgan fingerprint density at radius 1 is 0.957 bits per heavy atom. The van der Waals surface area contributed by atoms with E-state index >= 15 is 0 Å². The van der Waals surface area contributed by atoms with Gasteiger partial charge in [0.25, 0.3) is 5.91 Å². The first kappa shape index (κ1) is 16.3. The molecule has 2 rings (SSSR count). The van der Waals surface area contributed by atoms with Gasteiger partial charge in [0.15, 0.2) is 5.78 Å². The van der Waals surface area contributed by atoms with Crippen LogP contribution < -0.4 is 15.6 Å². The Morgan fingerprint density at radius 2 is 1.57 bits per heavy atom. The summed E-state index contributed by atoms with van der Waals surface area (Å²) in [6, 6.07) is 14.0. The van der Waals surface area contributed by atoms with Gasteiger partial charge in [-0.15, -0.1) is 0 Å². The van der Waals surface area contributed by atoms with E-state index in [4.69, 9.17) is 4.74 Å². The average Bonchev–Trinajstić information content (AvgIpc) is 2.59. The molecular formula is C18H18N2O3. The summed E-state index contributed by atoms with van der Waals surface area (Å²) in [5, 5.41) is 0. The Bertz CT molecular complexity index is 704. The fourth-order valence-corrected chi connectivity index (χ4v) is 1.85. The molecule has 2 aromatic carbocycles. The van der Waals surface area contributed by atoms with Gasteiger partial charge in [0.1, 0.15) is 5.75 Å². The van der Waals surface area contributed by atoms with E-state index in [0.717, 1.165) is 5.56 Å². The van der Waals surface area contributed by atoms with Crippen LogP contribution in [0.15, 0.2) is 60.8 Å². The molecule has 0 aliphatic rings. The summed E-state index contributed by atoms with van der Waals surface area (Å²) in [7, 11) is 1.56. The molecule has 2 N–H and O–H groups in total. The zero-order valence-corrected chi connectivity index (χ0v) is 13.0. The first-order valence-corrected chi connectivity index (χ1v) is 7.07. The number of aryl methyl sites for hydroxylation is 1. The van der Waals surface area contributed by atoms with Crippen LogP contribution in [0.2, 0.25) is 0 Å². The number of carbonyl (C=O) groups excluding carboxylic acids is 2. The van der Waals surface area contributed by atoms with Crippen molar-refractivity contribution in [2.24, 2.45) is 0 Å². The van der Waals surface area contributed by atoms with Crippen molar-refractivity contribution in [3.05, 3.63) is 77.5 Å². The number of carbonyl (C=O) groups is 2. The molecule has 0 aliphatic heterocycles. The summed E-state index contributed by atoms with van der Waals surface area (Å²) in [6.45, 7) is 1.96. The predicted octanol–water partition coefficient (Wildman–Crippen LogP) is 2.63. The highest BCUT2D eigenvalue weighted by Gasteiger charge is 2.04. The number of benzene rings is 2. The number of nitrogens with one attached hydrogen (secondary N) is 2. The Balaban J connectivity index is 1.84. The molecule has 0 saturated heterocycles. The zero-order chi connectivity index (χ0) is 16.7. The lowest BCUT2D eigenvalue weighted by Gasteiger charge is -2.05. The summed E-state index contributed by atoms with van der Waals surface area (Å²) in [5.74, 6) is 0.231. The second-order valence-corrected chi connectivity index (χ2v) is 4.89. The van der Waals surface area contributed by atoms with Crippen LogP contribution in [0.4, 0.5) is 0 Å². The molecule has 5 nitrogen and oxygen atoms in total. The van der Waals surface area contributed by atoms with Crippen LogP contribution in [0.5, 0.6) is 5.75 Å². The van der Waals surface area contributed by atoms with Crippen LogP contribution in [0.25, 0.3) is 0 Å². The quantitative estimate of drug-likeness (QED) is 0.489. The lowest BCUT2D eigenvalue weighted by molar-refractivity contribution is 0.0939. The van der Waals surface area contributed by atoms with Crippen LogP contribution in [0, 0.1) is 6.92 Å². The van der Waals surface area contributed by atoms with Gasteiger partial charge in [-0.2, -0.15) is 0 Å². The smallest absolute Gasteiger partial charge is 0.269 e. The van der Waals surface area contributed by atoms with Crippen molar-refractivity contribution in [1.29, 1.82) is 0 Å². The van der Waals surface area contributed by atoms with Gasteiger partial charge >= 0.3 is 0 Å². The van der Waals surface area contributed by atoms with Crippen molar-refractivity contribution in [1.82, 2.24) is 10.9 Å². The summed E-state index contributed by atoms with van der Waals surface area (Å²) in [5.41, 5.74) is 7.24. The summed E-state index contributed by atoms with van der Waals surface area (Å²) in [6.07, 6.45) is 2.75. The van der Waals surface area contributed by atoms with E-state index in [-0.39, 0.29) is 11.7 Å². The third kappa shape index (κ3) is 4.71. The van der Waals surface area contributed by atoms with Gasteiger partial charge in [-0.3, -0.25) is 15.0 Å². The second-order valence-electron chi connectivity index (χ2n) is 4.89. The normalized spacial score (nSPS) is 10.3. The zero-order valence-electron chi connectivity index (χ0n) is 13.0. The van der Waals surface area contributed by atoms with E-state index in [1.165, 1.54) is 12.3 Å². The van der Waals surface area contributed by atoms with Crippen molar-refractivity contribution in [3.63, 3.8) is 0 Å². The number of ketones is 1. The molecule has 0 unspecified atom stereocenters. The predicted molar refractivity (Wildman–Crippen MR) is 88.2 cm³/mol. The van der Waals surface area contributed by atoms with Crippen LogP contribution in [-0.4, -0.2) is 18.8 Å². The number of hydrazine groups is 1. The highest BCUT2D eigenvalue weighted by atomic mass is 16.5. The van der Waals surface area contributed by atoms with E-state index in [0.29, 0.717) is 16.9 Å². The molecule has 0 aromatic heterocycles. The number of amides is 1. The number of allylic oxidation sites excluding steroid dienone is 1. The van der Waals surface area contributed by atoms with Crippen molar-refractivity contribution in [2.45, 2.75) is 6.92 Å². The highest BCUT2D eigenvalue weighted by molar-refractivity contribution is 6.04. The van der Waals surface area contributed by atoms with Gasteiger partial charge < -0.3 is 10.2 Å². The van der Waals surface area contributed by atoms with Gasteiger partial charge in [0, 0.05) is 23.4 Å². The largest absolute Gasteiger partial charge is 0.497 e. The third-order valence-electron chi connectivity index (χ3n) is 3.19. The first-order valence-electron chi connectivity index (χ1n) is 7.07. The molecule has 0 fully saturated rings. The van der Waals surface area contributed by atoms with E-state index in [1.54, 1.807) is 43.5 Å². The Hall–Kier alpha value is -3.08. The van der Waals surface area contributed by atoms with E-state index < -0.39 is 0 Å². The van der Waals surface area contributed by atoms with Crippen molar-refractivity contribution in [3.8, 4) is 5.75 Å². The molecule has 0 heterocycles. The highest BCUT2D eigenvalue weighted by Crippen LogP contribution is 2.10. The maximum atomic E-state index is 11.9. The monoisotopic (exact) mass is 310 g/mol. The molecule has 0 radical (unpaired) electrons. The topological polar surface area (TPSA) is 67.4 Å². The average molecular weight is 310 g/mol. The Kier molecular flexibility index (Phi) is 5.52. The van der Waals surface area contributed by atoms with E-state index in [2.05, 4.69) is 10.9 Å². The standard InChI is InChI=1S/C18H18N2O3/c1-13-3-5-14(6-4-13)17(21)11-12-19-20-18(22)15-7-9-16(23-2)10-8-15/h3-12,19H,1-2H3,(H,20,22). The molecule has 0 bridgehead atoms. The van der Waals surface area contributed by atoms with Crippen LogP contribution in [0.3, 0.4) is 0 Å². The molecule has 1 amide bonds. The molecule has 5 heteroatoms. The summed E-state index contributed by atoms with van der Waals surface area (Å²) >= 11 is 0. The fourth-order valence-electron chi connectivity index (χ4n) is 1.85. The summed E-state index contributed by atoms with van der Waals surface area (Å²) < 4.78 is 5.03. The molecule has 0 atom stereocenters. The van der Waals surface area contributed by atoms with Crippen LogP contribution in [0.1, 0.15) is 26.3 Å². The molecule has 23 heavy (non-hydrogen) atoms. The molecule has 0 spiro atoms. The van der Waals surface area contributed by atoms with Crippen LogP contribution >= 0.6 is 0 Å². The van der Waals surface area contributed by atoms with Gasteiger partial charge in [0.05, 0.1) is 7.11 Å². The maximum Gasteiger partial charge on any atom is 0.269 e. The fraction of sp³-hybridized carbons (Fsp3) is 0.111. The molecule has 2 aromatic rings. The van der Waals surface area contributed by atoms with Gasteiger partial charge in [0.2, 0.25) is 0 Å². The first-order chi connectivity index (χ1) is 11.1. The minimum absolute atomic E-state index is 0.142.